The number of aromatic nitrogens is 2. The van der Waals surface area contributed by atoms with E-state index in [4.69, 9.17) is 21.1 Å². The molecule has 5 nitrogen and oxygen atoms in total. The highest BCUT2D eigenvalue weighted by atomic mass is 35.5. The van der Waals surface area contributed by atoms with Crippen LogP contribution in [0.2, 0.25) is 5.02 Å². The van der Waals surface area contributed by atoms with Crippen LogP contribution in [0, 0.1) is 5.82 Å². The van der Waals surface area contributed by atoms with Crippen LogP contribution in [-0.4, -0.2) is 24.4 Å². The second-order valence-corrected chi connectivity index (χ2v) is 5.17. The van der Waals surface area contributed by atoms with Crippen molar-refractivity contribution in [3.05, 3.63) is 47.4 Å². The molecule has 0 aliphatic rings. The molecule has 3 rings (SSSR count). The number of ether oxygens (including phenoxy) is 2. The molecular weight excluding hydrogens is 321 g/mol. The van der Waals surface area contributed by atoms with Gasteiger partial charge in [0, 0.05) is 15.8 Å². The molecule has 0 radical (unpaired) electrons. The standard InChI is InChI=1S/C16H13ClFN3O2/c1-22-14-5-9-8-19-21-16(11(9)7-15(14)23-2)20-13-4-3-10(17)6-12(13)18/h3-8H,1-2H3,(H,20,21). The van der Waals surface area contributed by atoms with Gasteiger partial charge in [-0.2, -0.15) is 5.10 Å². The highest BCUT2D eigenvalue weighted by Crippen LogP contribution is 2.35. The first-order valence-electron chi connectivity index (χ1n) is 6.72. The summed E-state index contributed by atoms with van der Waals surface area (Å²) in [6, 6.07) is 7.91. The summed E-state index contributed by atoms with van der Waals surface area (Å²) in [5, 5.41) is 12.7. The summed E-state index contributed by atoms with van der Waals surface area (Å²) in [6.45, 7) is 0. The third kappa shape index (κ3) is 2.98. The van der Waals surface area contributed by atoms with Gasteiger partial charge in [-0.05, 0) is 30.3 Å². The predicted octanol–water partition coefficient (Wildman–Crippen LogP) is 4.18. The molecule has 0 saturated carbocycles. The molecule has 1 aromatic heterocycles. The Morgan fingerprint density at radius 1 is 1.09 bits per heavy atom. The first-order chi connectivity index (χ1) is 11.1. The number of halogens is 2. The number of nitrogens with one attached hydrogen (secondary N) is 1. The molecule has 2 aromatic carbocycles. The molecule has 23 heavy (non-hydrogen) atoms. The fraction of sp³-hybridized carbons (Fsp3) is 0.125. The Kier molecular flexibility index (Phi) is 4.16. The van der Waals surface area contributed by atoms with Crippen LogP contribution in [0.15, 0.2) is 36.5 Å². The van der Waals surface area contributed by atoms with Crippen molar-refractivity contribution < 1.29 is 13.9 Å². The normalized spacial score (nSPS) is 10.6. The average molecular weight is 334 g/mol. The second-order valence-electron chi connectivity index (χ2n) is 4.74. The van der Waals surface area contributed by atoms with Gasteiger partial charge >= 0.3 is 0 Å². The van der Waals surface area contributed by atoms with Gasteiger partial charge in [-0.3, -0.25) is 0 Å². The maximum Gasteiger partial charge on any atom is 0.161 e. The summed E-state index contributed by atoms with van der Waals surface area (Å²) in [4.78, 5) is 0. The summed E-state index contributed by atoms with van der Waals surface area (Å²) >= 11 is 5.76. The Labute approximate surface area is 137 Å². The summed E-state index contributed by atoms with van der Waals surface area (Å²) < 4.78 is 24.5. The second kappa shape index (κ2) is 6.26. The van der Waals surface area contributed by atoms with Gasteiger partial charge in [-0.1, -0.05) is 11.6 Å². The molecule has 0 amide bonds. The molecule has 0 aliphatic heterocycles. The monoisotopic (exact) mass is 333 g/mol. The molecule has 0 bridgehead atoms. The van der Waals surface area contributed by atoms with E-state index in [-0.39, 0.29) is 5.69 Å². The topological polar surface area (TPSA) is 56.3 Å². The Hall–Kier alpha value is -2.60. The molecule has 1 heterocycles. The summed E-state index contributed by atoms with van der Waals surface area (Å²) in [5.74, 6) is 1.06. The van der Waals surface area contributed by atoms with E-state index in [0.29, 0.717) is 22.3 Å². The number of fused-ring (bicyclic) bond motifs is 1. The minimum absolute atomic E-state index is 0.256. The maximum absolute atomic E-state index is 14.0. The smallest absolute Gasteiger partial charge is 0.161 e. The molecule has 7 heteroatoms. The van der Waals surface area contributed by atoms with Crippen LogP contribution in [-0.2, 0) is 0 Å². The third-order valence-corrected chi connectivity index (χ3v) is 3.58. The number of methoxy groups -OCH3 is 2. The highest BCUT2D eigenvalue weighted by molar-refractivity contribution is 6.30. The third-order valence-electron chi connectivity index (χ3n) is 3.35. The molecule has 0 fully saturated rings. The molecular formula is C16H13ClFN3O2. The highest BCUT2D eigenvalue weighted by Gasteiger charge is 2.12. The van der Waals surface area contributed by atoms with Gasteiger partial charge in [-0.15, -0.1) is 5.10 Å². The van der Waals surface area contributed by atoms with Crippen LogP contribution in [0.5, 0.6) is 11.5 Å². The zero-order valence-electron chi connectivity index (χ0n) is 12.4. The minimum atomic E-state index is -0.475. The Balaban J connectivity index is 2.10. The van der Waals surface area contributed by atoms with E-state index in [2.05, 4.69) is 15.5 Å². The van der Waals surface area contributed by atoms with Crippen molar-refractivity contribution in [2.75, 3.05) is 19.5 Å². The molecule has 0 spiro atoms. The van der Waals surface area contributed by atoms with Crippen molar-refractivity contribution >= 4 is 33.9 Å². The van der Waals surface area contributed by atoms with Crippen LogP contribution in [0.25, 0.3) is 10.8 Å². The predicted molar refractivity (Wildman–Crippen MR) is 87.3 cm³/mol. The lowest BCUT2D eigenvalue weighted by molar-refractivity contribution is 0.356. The average Bonchev–Trinajstić information content (AvgIpc) is 2.56. The number of nitrogens with zero attached hydrogens (tertiary/aromatic N) is 2. The van der Waals surface area contributed by atoms with Crippen LogP contribution >= 0.6 is 11.6 Å². The van der Waals surface area contributed by atoms with Gasteiger partial charge in [0.05, 0.1) is 26.1 Å². The van der Waals surface area contributed by atoms with Crippen LogP contribution in [0.4, 0.5) is 15.9 Å². The van der Waals surface area contributed by atoms with Crippen molar-refractivity contribution in [2.24, 2.45) is 0 Å². The van der Waals surface area contributed by atoms with Gasteiger partial charge in [0.25, 0.3) is 0 Å². The molecule has 0 aliphatic carbocycles. The van der Waals surface area contributed by atoms with Gasteiger partial charge in [0.2, 0.25) is 0 Å². The van der Waals surface area contributed by atoms with Crippen LogP contribution < -0.4 is 14.8 Å². The Morgan fingerprint density at radius 3 is 2.52 bits per heavy atom. The Morgan fingerprint density at radius 2 is 1.83 bits per heavy atom. The molecule has 0 atom stereocenters. The van der Waals surface area contributed by atoms with Crippen LogP contribution in [0.3, 0.4) is 0 Å². The van der Waals surface area contributed by atoms with Crippen molar-refractivity contribution in [3.63, 3.8) is 0 Å². The van der Waals surface area contributed by atoms with E-state index in [9.17, 15) is 4.39 Å². The van der Waals surface area contributed by atoms with E-state index in [1.807, 2.05) is 0 Å². The number of rotatable bonds is 4. The first kappa shape index (κ1) is 15.3. The molecule has 0 saturated heterocycles. The van der Waals surface area contributed by atoms with E-state index in [1.54, 1.807) is 44.7 Å². The summed E-state index contributed by atoms with van der Waals surface area (Å²) in [7, 11) is 3.10. The lowest BCUT2D eigenvalue weighted by Gasteiger charge is -2.12. The van der Waals surface area contributed by atoms with Gasteiger partial charge < -0.3 is 14.8 Å². The fourth-order valence-corrected chi connectivity index (χ4v) is 2.38. The fourth-order valence-electron chi connectivity index (χ4n) is 2.22. The van der Waals surface area contributed by atoms with Gasteiger partial charge in [0.15, 0.2) is 17.3 Å². The molecule has 118 valence electrons. The molecule has 3 aromatic rings. The number of hydrogen-bond acceptors (Lipinski definition) is 5. The SMILES string of the molecule is COc1cc2cnnc(Nc3ccc(Cl)cc3F)c2cc1OC. The Bertz CT molecular complexity index is 873. The lowest BCUT2D eigenvalue weighted by Crippen LogP contribution is -1.99. The van der Waals surface area contributed by atoms with Crippen molar-refractivity contribution in [1.82, 2.24) is 10.2 Å². The summed E-state index contributed by atoms with van der Waals surface area (Å²) in [5.41, 5.74) is 0.256. The van der Waals surface area contributed by atoms with Crippen molar-refractivity contribution in [3.8, 4) is 11.5 Å². The zero-order chi connectivity index (χ0) is 16.4. The molecule has 0 unspecified atom stereocenters. The summed E-state index contributed by atoms with van der Waals surface area (Å²) in [6.07, 6.45) is 1.60. The minimum Gasteiger partial charge on any atom is -0.493 e. The number of benzene rings is 2. The zero-order valence-corrected chi connectivity index (χ0v) is 13.2. The van der Waals surface area contributed by atoms with E-state index >= 15 is 0 Å². The molecule has 1 N–H and O–H groups in total. The van der Waals surface area contributed by atoms with Gasteiger partial charge in [0.1, 0.15) is 5.82 Å². The van der Waals surface area contributed by atoms with E-state index in [0.717, 1.165) is 10.8 Å². The maximum atomic E-state index is 14.0. The van der Waals surface area contributed by atoms with E-state index < -0.39 is 5.82 Å². The number of hydrogen-bond donors (Lipinski definition) is 1. The number of anilines is 2. The van der Waals surface area contributed by atoms with Gasteiger partial charge in [-0.25, -0.2) is 4.39 Å². The van der Waals surface area contributed by atoms with Crippen molar-refractivity contribution in [2.45, 2.75) is 0 Å². The largest absolute Gasteiger partial charge is 0.493 e. The lowest BCUT2D eigenvalue weighted by atomic mass is 10.1. The first-order valence-corrected chi connectivity index (χ1v) is 7.09. The van der Waals surface area contributed by atoms with Crippen LogP contribution in [0.1, 0.15) is 0 Å². The van der Waals surface area contributed by atoms with E-state index in [1.165, 1.54) is 6.07 Å². The quantitative estimate of drug-likeness (QED) is 0.776. The van der Waals surface area contributed by atoms with Crippen molar-refractivity contribution in [1.29, 1.82) is 0 Å².